The summed E-state index contributed by atoms with van der Waals surface area (Å²) in [6, 6.07) is 1.80. The van der Waals surface area contributed by atoms with Crippen molar-refractivity contribution in [2.45, 2.75) is 19.3 Å². The molecular formula is C11H18N2O3. The Kier molecular flexibility index (Phi) is 3.72. The maximum absolute atomic E-state index is 11.4. The van der Waals surface area contributed by atoms with Crippen LogP contribution in [0.2, 0.25) is 0 Å². The lowest BCUT2D eigenvalue weighted by molar-refractivity contribution is 0.0590. The molecule has 0 aromatic carbocycles. The van der Waals surface area contributed by atoms with Crippen molar-refractivity contribution in [3.63, 3.8) is 0 Å². The Hall–Kier alpha value is -1.33. The second kappa shape index (κ2) is 4.67. The Morgan fingerprint density at radius 2 is 2.19 bits per heavy atom. The van der Waals surface area contributed by atoms with E-state index in [1.54, 1.807) is 17.7 Å². The molecule has 2 N–H and O–H groups in total. The molecule has 0 amide bonds. The minimum absolute atomic E-state index is 0.237. The van der Waals surface area contributed by atoms with E-state index in [2.05, 4.69) is 9.57 Å². The third-order valence-electron chi connectivity index (χ3n) is 2.63. The first-order chi connectivity index (χ1) is 7.42. The monoisotopic (exact) mass is 226 g/mol. The first-order valence-electron chi connectivity index (χ1n) is 4.99. The Morgan fingerprint density at radius 3 is 2.69 bits per heavy atom. The number of ether oxygens (including phenoxy) is 1. The van der Waals surface area contributed by atoms with E-state index in [0.717, 1.165) is 5.56 Å². The number of aryl methyl sites for hydroxylation is 1. The van der Waals surface area contributed by atoms with Crippen molar-refractivity contribution >= 4 is 5.97 Å². The van der Waals surface area contributed by atoms with E-state index in [-0.39, 0.29) is 11.4 Å². The normalized spacial score (nSPS) is 11.6. The van der Waals surface area contributed by atoms with Crippen LogP contribution in [0.3, 0.4) is 0 Å². The lowest BCUT2D eigenvalue weighted by atomic mass is 9.87. The summed E-state index contributed by atoms with van der Waals surface area (Å²) in [5.74, 6) is 4.74. The number of carbonyl (C=O) groups is 1. The van der Waals surface area contributed by atoms with Crippen LogP contribution in [0.5, 0.6) is 0 Å². The quantitative estimate of drug-likeness (QED) is 0.614. The van der Waals surface area contributed by atoms with Crippen molar-refractivity contribution in [2.75, 3.05) is 13.7 Å². The molecule has 0 aliphatic rings. The molecular weight excluding hydrogens is 208 g/mol. The molecule has 1 rings (SSSR count). The highest BCUT2D eigenvalue weighted by Crippen LogP contribution is 2.25. The van der Waals surface area contributed by atoms with Crippen LogP contribution in [0, 0.1) is 0 Å². The van der Waals surface area contributed by atoms with Gasteiger partial charge in [0.15, 0.2) is 0 Å². The van der Waals surface area contributed by atoms with Gasteiger partial charge in [-0.2, -0.15) is 0 Å². The van der Waals surface area contributed by atoms with Crippen LogP contribution in [0.4, 0.5) is 0 Å². The molecule has 0 saturated heterocycles. The number of esters is 1. The number of hydrogen-bond donors (Lipinski definition) is 1. The van der Waals surface area contributed by atoms with Gasteiger partial charge in [0, 0.05) is 18.7 Å². The van der Waals surface area contributed by atoms with Crippen LogP contribution in [-0.2, 0) is 22.0 Å². The van der Waals surface area contributed by atoms with Crippen molar-refractivity contribution in [1.29, 1.82) is 0 Å². The van der Waals surface area contributed by atoms with Crippen molar-refractivity contribution < 1.29 is 14.4 Å². The molecule has 0 atom stereocenters. The van der Waals surface area contributed by atoms with E-state index in [1.807, 2.05) is 20.0 Å². The summed E-state index contributed by atoms with van der Waals surface area (Å²) in [7, 11) is 3.16. The minimum atomic E-state index is -0.349. The highest BCUT2D eigenvalue weighted by atomic mass is 16.6. The first-order valence-corrected chi connectivity index (χ1v) is 4.99. The van der Waals surface area contributed by atoms with Crippen molar-refractivity contribution in [2.24, 2.45) is 12.9 Å². The van der Waals surface area contributed by atoms with Gasteiger partial charge < -0.3 is 14.1 Å². The van der Waals surface area contributed by atoms with E-state index < -0.39 is 0 Å². The predicted molar refractivity (Wildman–Crippen MR) is 59.9 cm³/mol. The lowest BCUT2D eigenvalue weighted by Crippen LogP contribution is -2.25. The largest absolute Gasteiger partial charge is 0.464 e. The third kappa shape index (κ3) is 2.43. The molecule has 0 bridgehead atoms. The molecule has 16 heavy (non-hydrogen) atoms. The van der Waals surface area contributed by atoms with Crippen LogP contribution >= 0.6 is 0 Å². The van der Waals surface area contributed by atoms with Gasteiger partial charge in [0.1, 0.15) is 5.69 Å². The maximum Gasteiger partial charge on any atom is 0.354 e. The van der Waals surface area contributed by atoms with Crippen molar-refractivity contribution in [3.8, 4) is 0 Å². The summed E-state index contributed by atoms with van der Waals surface area (Å²) in [5.41, 5.74) is 1.27. The fourth-order valence-electron chi connectivity index (χ4n) is 1.53. The average molecular weight is 226 g/mol. The molecule has 1 aromatic heterocycles. The summed E-state index contributed by atoms with van der Waals surface area (Å²) in [5, 5.41) is 0. The standard InChI is InChI=1S/C11H18N2O3/c1-11(2,7-16-12)8-5-9(10(14)15-4)13(3)6-8/h5-6H,7,12H2,1-4H3. The number of nitrogens with zero attached hydrogens (tertiary/aromatic N) is 1. The Bertz CT molecular complexity index is 383. The molecule has 0 aliphatic heterocycles. The van der Waals surface area contributed by atoms with Gasteiger partial charge in [0.05, 0.1) is 13.7 Å². The molecule has 0 spiro atoms. The zero-order valence-electron chi connectivity index (χ0n) is 10.1. The van der Waals surface area contributed by atoms with Gasteiger partial charge in [-0.15, -0.1) is 0 Å². The maximum atomic E-state index is 11.4. The lowest BCUT2D eigenvalue weighted by Gasteiger charge is -2.21. The molecule has 1 heterocycles. The van der Waals surface area contributed by atoms with Gasteiger partial charge in [-0.1, -0.05) is 13.8 Å². The topological polar surface area (TPSA) is 66.5 Å². The van der Waals surface area contributed by atoms with E-state index in [4.69, 9.17) is 5.90 Å². The van der Waals surface area contributed by atoms with Crippen molar-refractivity contribution in [1.82, 2.24) is 4.57 Å². The number of hydrogen-bond acceptors (Lipinski definition) is 4. The van der Waals surface area contributed by atoms with Crippen LogP contribution in [0.25, 0.3) is 0 Å². The predicted octanol–water partition coefficient (Wildman–Crippen LogP) is 0.980. The highest BCUT2D eigenvalue weighted by molar-refractivity contribution is 5.88. The minimum Gasteiger partial charge on any atom is -0.464 e. The first kappa shape index (κ1) is 12.7. The molecule has 0 unspecified atom stereocenters. The molecule has 0 fully saturated rings. The Labute approximate surface area is 95.1 Å². The van der Waals surface area contributed by atoms with Gasteiger partial charge in [-0.05, 0) is 11.6 Å². The number of rotatable bonds is 4. The fraction of sp³-hybridized carbons (Fsp3) is 0.545. The second-order valence-electron chi connectivity index (χ2n) is 4.41. The molecule has 1 aromatic rings. The van der Waals surface area contributed by atoms with Crippen LogP contribution in [0.1, 0.15) is 29.9 Å². The summed E-state index contributed by atoms with van der Waals surface area (Å²) >= 11 is 0. The van der Waals surface area contributed by atoms with E-state index >= 15 is 0 Å². The fourth-order valence-corrected chi connectivity index (χ4v) is 1.53. The van der Waals surface area contributed by atoms with Crippen LogP contribution in [-0.4, -0.2) is 24.3 Å². The third-order valence-corrected chi connectivity index (χ3v) is 2.63. The van der Waals surface area contributed by atoms with Crippen LogP contribution in [0.15, 0.2) is 12.3 Å². The van der Waals surface area contributed by atoms with E-state index in [9.17, 15) is 4.79 Å². The summed E-state index contributed by atoms with van der Waals surface area (Å²) in [4.78, 5) is 16.1. The highest BCUT2D eigenvalue weighted by Gasteiger charge is 2.24. The summed E-state index contributed by atoms with van der Waals surface area (Å²) in [6.07, 6.45) is 1.88. The summed E-state index contributed by atoms with van der Waals surface area (Å²) < 4.78 is 6.42. The Morgan fingerprint density at radius 1 is 1.56 bits per heavy atom. The van der Waals surface area contributed by atoms with Gasteiger partial charge in [-0.25, -0.2) is 10.7 Å². The molecule has 0 saturated carbocycles. The Balaban J connectivity index is 3.05. The van der Waals surface area contributed by atoms with Gasteiger partial charge >= 0.3 is 5.97 Å². The number of carbonyl (C=O) groups excluding carboxylic acids is 1. The SMILES string of the molecule is COC(=O)c1cc(C(C)(C)CON)cn1C. The molecule has 0 aliphatic carbocycles. The second-order valence-corrected chi connectivity index (χ2v) is 4.41. The number of aromatic nitrogens is 1. The molecule has 5 heteroatoms. The van der Waals surface area contributed by atoms with Gasteiger partial charge in [-0.3, -0.25) is 0 Å². The van der Waals surface area contributed by atoms with Crippen LogP contribution < -0.4 is 5.90 Å². The molecule has 0 radical (unpaired) electrons. The smallest absolute Gasteiger partial charge is 0.354 e. The molecule has 5 nitrogen and oxygen atoms in total. The zero-order chi connectivity index (χ0) is 12.3. The van der Waals surface area contributed by atoms with Gasteiger partial charge in [0.2, 0.25) is 0 Å². The number of methoxy groups -OCH3 is 1. The van der Waals surface area contributed by atoms with E-state index in [1.165, 1.54) is 7.11 Å². The zero-order valence-corrected chi connectivity index (χ0v) is 10.1. The van der Waals surface area contributed by atoms with Crippen molar-refractivity contribution in [3.05, 3.63) is 23.5 Å². The van der Waals surface area contributed by atoms with E-state index in [0.29, 0.717) is 12.3 Å². The average Bonchev–Trinajstić information content (AvgIpc) is 2.60. The summed E-state index contributed by atoms with van der Waals surface area (Å²) in [6.45, 7) is 4.38. The molecule has 90 valence electrons. The number of nitrogens with two attached hydrogens (primary N) is 1. The van der Waals surface area contributed by atoms with Gasteiger partial charge in [0.25, 0.3) is 0 Å².